The molecule has 0 aliphatic carbocycles. The Morgan fingerprint density at radius 2 is 0.676 bits per heavy atom. The minimum Gasteiger partial charge on any atom is -0.0848 e. The number of hydrogen-bond acceptors (Lipinski definition) is 0. The summed E-state index contributed by atoms with van der Waals surface area (Å²) < 4.78 is 0. The second-order valence-electron chi connectivity index (χ2n) is 7.63. The summed E-state index contributed by atoms with van der Waals surface area (Å²) in [5.74, 6) is 0. The Kier molecular flexibility index (Phi) is 10.0. The van der Waals surface area contributed by atoms with E-state index >= 15 is 0 Å². The fourth-order valence-electron chi connectivity index (χ4n) is 4.14. The average Bonchev–Trinajstić information content (AvgIpc) is 2.73. The molecule has 0 saturated carbocycles. The van der Waals surface area contributed by atoms with Gasteiger partial charge < -0.3 is 0 Å². The zero-order valence-corrected chi connectivity index (χ0v) is 25.1. The molecule has 3 rings (SSSR count). The highest BCUT2D eigenvalue weighted by Gasteiger charge is 2.37. The Bertz CT molecular complexity index is 1120. The van der Waals surface area contributed by atoms with Crippen LogP contribution in [0.4, 0.5) is 0 Å². The first-order chi connectivity index (χ1) is 16.0. The van der Waals surface area contributed by atoms with Gasteiger partial charge in [0.05, 0.1) is 0 Å². The van der Waals surface area contributed by atoms with Crippen molar-refractivity contribution in [3.8, 4) is 0 Å². The van der Waals surface area contributed by atoms with E-state index in [4.69, 9.17) is 104 Å². The van der Waals surface area contributed by atoms with Crippen molar-refractivity contribution >= 4 is 128 Å². The quantitative estimate of drug-likeness (QED) is 0.237. The van der Waals surface area contributed by atoms with Gasteiger partial charge in [0, 0.05) is 45.2 Å². The Morgan fingerprint density at radius 1 is 0.441 bits per heavy atom. The van der Waals surface area contributed by atoms with Crippen LogP contribution in [0.1, 0.15) is 37.5 Å². The third-order valence-corrected chi connectivity index (χ3v) is 9.07. The van der Waals surface area contributed by atoms with Crippen LogP contribution >= 0.6 is 104 Å². The first-order valence-electron chi connectivity index (χ1n) is 10.5. The molecule has 0 aliphatic heterocycles. The van der Waals surface area contributed by atoms with Crippen LogP contribution in [0.2, 0.25) is 45.2 Å². The van der Waals surface area contributed by atoms with Crippen molar-refractivity contribution in [2.45, 2.75) is 40.0 Å². The highest BCUT2D eigenvalue weighted by molar-refractivity contribution is 7.01. The lowest BCUT2D eigenvalue weighted by Crippen LogP contribution is -2.55. The van der Waals surface area contributed by atoms with E-state index in [1.807, 2.05) is 20.8 Å². The minimum absolute atomic E-state index is 0.331. The van der Waals surface area contributed by atoms with Crippen molar-refractivity contribution in [3.63, 3.8) is 0 Å². The van der Waals surface area contributed by atoms with Crippen LogP contribution in [0.3, 0.4) is 0 Å². The molecule has 0 fully saturated rings. The molecule has 0 amide bonds. The first kappa shape index (κ1) is 28.9. The van der Waals surface area contributed by atoms with Crippen molar-refractivity contribution in [3.05, 3.63) is 80.1 Å². The molecule has 0 spiro atoms. The largest absolute Gasteiger partial charge is 0.252 e. The Morgan fingerprint density at radius 3 is 0.882 bits per heavy atom. The molecule has 0 aromatic heterocycles. The molecular formula is C24H18BCl9. The molecule has 0 saturated heterocycles. The van der Waals surface area contributed by atoms with Crippen LogP contribution < -0.4 is 16.4 Å². The van der Waals surface area contributed by atoms with Crippen molar-refractivity contribution in [1.82, 2.24) is 0 Å². The predicted octanol–water partition coefficient (Wildman–Crippen LogP) is 9.77. The molecule has 3 aromatic rings. The average molecular weight is 636 g/mol. The van der Waals surface area contributed by atoms with Crippen LogP contribution in [0.25, 0.3) is 0 Å². The van der Waals surface area contributed by atoms with Crippen LogP contribution in [0.15, 0.2) is 18.2 Å². The lowest BCUT2D eigenvalue weighted by Gasteiger charge is -2.26. The lowest BCUT2D eigenvalue weighted by atomic mass is 9.36. The van der Waals surface area contributed by atoms with E-state index in [1.54, 1.807) is 18.2 Å². The highest BCUT2D eigenvalue weighted by Crippen LogP contribution is 2.35. The molecule has 3 aromatic carbocycles. The molecule has 34 heavy (non-hydrogen) atoms. The van der Waals surface area contributed by atoms with Crippen molar-refractivity contribution in [2.75, 3.05) is 0 Å². The van der Waals surface area contributed by atoms with Crippen LogP contribution in [0.5, 0.6) is 0 Å². The van der Waals surface area contributed by atoms with Crippen molar-refractivity contribution in [1.29, 1.82) is 0 Å². The fourth-order valence-corrected chi connectivity index (χ4v) is 7.89. The molecule has 180 valence electrons. The highest BCUT2D eigenvalue weighted by atomic mass is 35.5. The SMILES string of the molecule is CCc1c(Cl)cc(Cl)c(B(c2c(Cl)cc(Cl)c(CC)c2Cl)c2c(Cl)cc(Cl)c(CC)c2Cl)c1Cl. The molecule has 0 heterocycles. The van der Waals surface area contributed by atoms with Gasteiger partial charge in [0.2, 0.25) is 0 Å². The van der Waals surface area contributed by atoms with Gasteiger partial charge in [0.25, 0.3) is 6.71 Å². The van der Waals surface area contributed by atoms with E-state index in [0.717, 1.165) is 16.7 Å². The van der Waals surface area contributed by atoms with Crippen LogP contribution in [-0.4, -0.2) is 6.71 Å². The molecular weight excluding hydrogens is 618 g/mol. The second-order valence-corrected chi connectivity index (χ2v) is 11.2. The smallest absolute Gasteiger partial charge is 0.0848 e. The summed E-state index contributed by atoms with van der Waals surface area (Å²) in [6, 6.07) is 4.98. The summed E-state index contributed by atoms with van der Waals surface area (Å²) in [6.07, 6.45) is 1.75. The maximum Gasteiger partial charge on any atom is 0.252 e. The maximum absolute atomic E-state index is 6.94. The summed E-state index contributed by atoms with van der Waals surface area (Å²) in [6.45, 7) is 5.14. The van der Waals surface area contributed by atoms with Gasteiger partial charge in [-0.2, -0.15) is 0 Å². The van der Waals surface area contributed by atoms with Crippen LogP contribution in [-0.2, 0) is 19.3 Å². The first-order valence-corrected chi connectivity index (χ1v) is 13.9. The van der Waals surface area contributed by atoms with E-state index < -0.39 is 6.71 Å². The zero-order valence-electron chi connectivity index (χ0n) is 18.3. The maximum atomic E-state index is 6.94. The number of benzene rings is 3. The van der Waals surface area contributed by atoms with Gasteiger partial charge in [-0.1, -0.05) is 125 Å². The van der Waals surface area contributed by atoms with E-state index in [-0.39, 0.29) is 0 Å². The molecule has 0 nitrogen and oxygen atoms in total. The van der Waals surface area contributed by atoms with Gasteiger partial charge in [0.15, 0.2) is 0 Å². The van der Waals surface area contributed by atoms with Gasteiger partial charge in [-0.15, -0.1) is 0 Å². The molecule has 10 heteroatoms. The molecule has 0 N–H and O–H groups in total. The normalized spacial score (nSPS) is 11.3. The molecule has 0 bridgehead atoms. The summed E-state index contributed by atoms with van der Waals surface area (Å²) in [7, 11) is 0. The van der Waals surface area contributed by atoms with Gasteiger partial charge in [0.1, 0.15) is 0 Å². The van der Waals surface area contributed by atoms with Crippen molar-refractivity contribution < 1.29 is 0 Å². The van der Waals surface area contributed by atoms with Crippen LogP contribution in [0, 0.1) is 0 Å². The summed E-state index contributed by atoms with van der Waals surface area (Å²) >= 11 is 60.5. The number of hydrogen-bond donors (Lipinski definition) is 0. The van der Waals surface area contributed by atoms with Crippen molar-refractivity contribution in [2.24, 2.45) is 0 Å². The van der Waals surface area contributed by atoms with E-state index in [9.17, 15) is 0 Å². The predicted molar refractivity (Wildman–Crippen MR) is 157 cm³/mol. The Labute approximate surface area is 245 Å². The Balaban J connectivity index is 2.58. The zero-order chi connectivity index (χ0) is 25.5. The van der Waals surface area contributed by atoms with Gasteiger partial charge in [-0.05, 0) is 70.5 Å². The standard InChI is InChI=1S/C24H18BCl9/c1-4-10-13(26)7-16(29)19(22(10)32)25(20-17(30)8-14(27)11(5-2)23(20)33)21-18(31)9-15(28)12(6-3)24(21)34/h7-9H,4-6H2,1-3H3. The summed E-state index contributed by atoms with van der Waals surface area (Å²) in [4.78, 5) is 0. The fraction of sp³-hybridized carbons (Fsp3) is 0.250. The third-order valence-electron chi connectivity index (χ3n) is 5.83. The number of halogens is 9. The Hall–Kier alpha value is 0.335. The van der Waals surface area contributed by atoms with Gasteiger partial charge >= 0.3 is 0 Å². The molecule has 0 unspecified atom stereocenters. The molecule has 0 atom stereocenters. The lowest BCUT2D eigenvalue weighted by molar-refractivity contribution is 1.14. The van der Waals surface area contributed by atoms with E-state index in [1.165, 1.54) is 0 Å². The van der Waals surface area contributed by atoms with E-state index in [2.05, 4.69) is 0 Å². The molecule has 0 radical (unpaired) electrons. The third kappa shape index (κ3) is 5.17. The monoisotopic (exact) mass is 632 g/mol. The van der Waals surface area contributed by atoms with Gasteiger partial charge in [-0.25, -0.2) is 0 Å². The minimum atomic E-state index is -0.715. The number of rotatable bonds is 6. The second kappa shape index (κ2) is 11.8. The van der Waals surface area contributed by atoms with E-state index in [0.29, 0.717) is 80.9 Å². The molecule has 0 aliphatic rings. The summed E-state index contributed by atoms with van der Waals surface area (Å²) in [5.41, 5.74) is 3.85. The van der Waals surface area contributed by atoms with Gasteiger partial charge in [-0.3, -0.25) is 0 Å². The summed E-state index contributed by atoms with van der Waals surface area (Å²) in [5, 5.41) is 3.56. The topological polar surface area (TPSA) is 0 Å².